The minimum atomic E-state index is -0.321. The zero-order valence-electron chi connectivity index (χ0n) is 10.9. The van der Waals surface area contributed by atoms with Gasteiger partial charge in [-0.05, 0) is 24.6 Å². The van der Waals surface area contributed by atoms with Gasteiger partial charge < -0.3 is 10.3 Å². The highest BCUT2D eigenvalue weighted by Crippen LogP contribution is 2.36. The third kappa shape index (κ3) is 2.16. The van der Waals surface area contributed by atoms with E-state index in [1.165, 1.54) is 12.1 Å². The fraction of sp³-hybridized carbons (Fsp3) is 0.0625. The van der Waals surface area contributed by atoms with Crippen molar-refractivity contribution in [3.05, 3.63) is 59.9 Å². The number of nitrogen functional groups attached to an aromatic ring is 1. The van der Waals surface area contributed by atoms with Gasteiger partial charge in [-0.15, -0.1) is 0 Å². The van der Waals surface area contributed by atoms with E-state index in [0.717, 1.165) is 11.1 Å². The molecule has 2 N–H and O–H groups in total. The molecule has 0 saturated heterocycles. The minimum absolute atomic E-state index is 0.256. The molecule has 3 rings (SSSR count). The number of aryl methyl sites for hydroxylation is 1. The van der Waals surface area contributed by atoms with Crippen molar-refractivity contribution in [1.82, 2.24) is 5.16 Å². The van der Waals surface area contributed by atoms with Crippen LogP contribution in [0.1, 0.15) is 5.56 Å². The number of rotatable bonds is 2. The van der Waals surface area contributed by atoms with E-state index >= 15 is 0 Å². The number of nitrogens with zero attached hydrogens (tertiary/aromatic N) is 1. The Balaban J connectivity index is 2.17. The third-order valence-corrected chi connectivity index (χ3v) is 3.15. The standard InChI is InChI=1S/C16H13FN2O/c1-10-5-7-11(8-6-10)15-14(16(18)19-20-15)12-3-2-4-13(17)9-12/h2-9H,1H3,(H2,18,19). The summed E-state index contributed by atoms with van der Waals surface area (Å²) in [5, 5.41) is 3.80. The van der Waals surface area contributed by atoms with Crippen LogP contribution in [0.3, 0.4) is 0 Å². The molecule has 20 heavy (non-hydrogen) atoms. The maximum absolute atomic E-state index is 13.4. The number of hydrogen-bond acceptors (Lipinski definition) is 3. The average Bonchev–Trinajstić information content (AvgIpc) is 2.81. The molecule has 0 spiro atoms. The van der Waals surface area contributed by atoms with Gasteiger partial charge in [0, 0.05) is 5.56 Å². The first-order valence-electron chi connectivity index (χ1n) is 6.23. The second kappa shape index (κ2) is 4.81. The molecule has 0 saturated carbocycles. The van der Waals surface area contributed by atoms with Gasteiger partial charge in [0.25, 0.3) is 0 Å². The SMILES string of the molecule is Cc1ccc(-c2onc(N)c2-c2cccc(F)c2)cc1. The first kappa shape index (κ1) is 12.4. The predicted molar refractivity (Wildman–Crippen MR) is 76.5 cm³/mol. The van der Waals surface area contributed by atoms with Gasteiger partial charge in [0.2, 0.25) is 0 Å². The smallest absolute Gasteiger partial charge is 0.176 e. The molecular formula is C16H13FN2O. The van der Waals surface area contributed by atoms with Gasteiger partial charge in [0.1, 0.15) is 5.82 Å². The van der Waals surface area contributed by atoms with Crippen molar-refractivity contribution in [2.75, 3.05) is 5.73 Å². The Morgan fingerprint density at radius 2 is 1.80 bits per heavy atom. The molecule has 1 aromatic heterocycles. The molecule has 0 radical (unpaired) electrons. The Labute approximate surface area is 115 Å². The lowest BCUT2D eigenvalue weighted by atomic mass is 10.0. The average molecular weight is 268 g/mol. The number of aromatic nitrogens is 1. The van der Waals surface area contributed by atoms with Crippen LogP contribution < -0.4 is 5.73 Å². The van der Waals surface area contributed by atoms with Crippen LogP contribution in [0.4, 0.5) is 10.2 Å². The van der Waals surface area contributed by atoms with E-state index in [1.54, 1.807) is 12.1 Å². The topological polar surface area (TPSA) is 52.0 Å². The van der Waals surface area contributed by atoms with Crippen LogP contribution in [0.25, 0.3) is 22.5 Å². The number of benzene rings is 2. The molecule has 0 aliphatic heterocycles. The van der Waals surface area contributed by atoms with Crippen molar-refractivity contribution in [3.8, 4) is 22.5 Å². The van der Waals surface area contributed by atoms with Gasteiger partial charge in [0.05, 0.1) is 5.56 Å². The van der Waals surface area contributed by atoms with Gasteiger partial charge in [0.15, 0.2) is 11.6 Å². The molecule has 4 heteroatoms. The molecule has 0 aliphatic rings. The summed E-state index contributed by atoms with van der Waals surface area (Å²) in [6.45, 7) is 2.01. The Hall–Kier alpha value is -2.62. The fourth-order valence-electron chi connectivity index (χ4n) is 2.13. The molecule has 1 heterocycles. The van der Waals surface area contributed by atoms with Crippen LogP contribution in [-0.2, 0) is 0 Å². The second-order valence-electron chi connectivity index (χ2n) is 4.65. The van der Waals surface area contributed by atoms with Gasteiger partial charge in [-0.2, -0.15) is 0 Å². The predicted octanol–water partition coefficient (Wildman–Crippen LogP) is 4.04. The van der Waals surface area contributed by atoms with Gasteiger partial charge in [-0.3, -0.25) is 0 Å². The minimum Gasteiger partial charge on any atom is -0.380 e. The van der Waals surface area contributed by atoms with E-state index in [-0.39, 0.29) is 11.6 Å². The second-order valence-corrected chi connectivity index (χ2v) is 4.65. The van der Waals surface area contributed by atoms with Crippen LogP contribution in [0.5, 0.6) is 0 Å². The summed E-state index contributed by atoms with van der Waals surface area (Å²) in [7, 11) is 0. The lowest BCUT2D eigenvalue weighted by molar-refractivity contribution is 0.436. The monoisotopic (exact) mass is 268 g/mol. The van der Waals surface area contributed by atoms with Gasteiger partial charge >= 0.3 is 0 Å². The van der Waals surface area contributed by atoms with E-state index in [4.69, 9.17) is 10.3 Å². The van der Waals surface area contributed by atoms with Crippen LogP contribution in [0.15, 0.2) is 53.1 Å². The van der Waals surface area contributed by atoms with Crippen LogP contribution in [0, 0.1) is 12.7 Å². The van der Waals surface area contributed by atoms with Gasteiger partial charge in [-0.25, -0.2) is 4.39 Å². The molecule has 100 valence electrons. The van der Waals surface area contributed by atoms with E-state index < -0.39 is 0 Å². The summed E-state index contributed by atoms with van der Waals surface area (Å²) < 4.78 is 18.7. The molecular weight excluding hydrogens is 255 g/mol. The molecule has 0 bridgehead atoms. The van der Waals surface area contributed by atoms with Crippen LogP contribution in [-0.4, -0.2) is 5.16 Å². The number of nitrogens with two attached hydrogens (primary N) is 1. The van der Waals surface area contributed by atoms with Crippen molar-refractivity contribution >= 4 is 5.82 Å². The Morgan fingerprint density at radius 3 is 2.50 bits per heavy atom. The molecule has 3 nitrogen and oxygen atoms in total. The number of halogens is 1. The summed E-state index contributed by atoms with van der Waals surface area (Å²) >= 11 is 0. The Bertz CT molecular complexity index is 747. The largest absolute Gasteiger partial charge is 0.380 e. The summed E-state index contributed by atoms with van der Waals surface area (Å²) in [5.41, 5.74) is 9.14. The zero-order chi connectivity index (χ0) is 14.1. The van der Waals surface area contributed by atoms with E-state index in [9.17, 15) is 4.39 Å². The molecule has 0 atom stereocenters. The first-order chi connectivity index (χ1) is 9.65. The lowest BCUT2D eigenvalue weighted by Gasteiger charge is -2.03. The summed E-state index contributed by atoms with van der Waals surface area (Å²) in [4.78, 5) is 0. The Kier molecular flexibility index (Phi) is 2.99. The van der Waals surface area contributed by atoms with Crippen molar-refractivity contribution < 1.29 is 8.91 Å². The fourth-order valence-corrected chi connectivity index (χ4v) is 2.13. The van der Waals surface area contributed by atoms with Crippen molar-refractivity contribution in [3.63, 3.8) is 0 Å². The Morgan fingerprint density at radius 1 is 1.05 bits per heavy atom. The molecule has 0 aliphatic carbocycles. The zero-order valence-corrected chi connectivity index (χ0v) is 10.9. The van der Waals surface area contributed by atoms with Crippen LogP contribution in [0.2, 0.25) is 0 Å². The summed E-state index contributed by atoms with van der Waals surface area (Å²) in [6.07, 6.45) is 0. The maximum Gasteiger partial charge on any atom is 0.176 e. The number of anilines is 1. The van der Waals surface area contributed by atoms with Crippen molar-refractivity contribution in [1.29, 1.82) is 0 Å². The molecule has 0 fully saturated rings. The summed E-state index contributed by atoms with van der Waals surface area (Å²) in [6, 6.07) is 14.0. The van der Waals surface area contributed by atoms with Crippen molar-refractivity contribution in [2.45, 2.75) is 6.92 Å². The third-order valence-electron chi connectivity index (χ3n) is 3.15. The lowest BCUT2D eigenvalue weighted by Crippen LogP contribution is -1.89. The molecule has 3 aromatic rings. The highest BCUT2D eigenvalue weighted by molar-refractivity contribution is 5.86. The van der Waals surface area contributed by atoms with E-state index in [1.807, 2.05) is 31.2 Å². The quantitative estimate of drug-likeness (QED) is 0.763. The maximum atomic E-state index is 13.4. The van der Waals surface area contributed by atoms with Crippen LogP contribution >= 0.6 is 0 Å². The molecule has 0 amide bonds. The van der Waals surface area contributed by atoms with E-state index in [0.29, 0.717) is 16.9 Å². The highest BCUT2D eigenvalue weighted by atomic mass is 19.1. The van der Waals surface area contributed by atoms with E-state index in [2.05, 4.69) is 5.16 Å². The highest BCUT2D eigenvalue weighted by Gasteiger charge is 2.17. The first-order valence-corrected chi connectivity index (χ1v) is 6.23. The normalized spacial score (nSPS) is 10.7. The van der Waals surface area contributed by atoms with Gasteiger partial charge in [-0.1, -0.05) is 47.1 Å². The molecule has 2 aromatic carbocycles. The summed E-state index contributed by atoms with van der Waals surface area (Å²) in [5.74, 6) is 0.484. The van der Waals surface area contributed by atoms with Crippen molar-refractivity contribution in [2.24, 2.45) is 0 Å². The number of hydrogen-bond donors (Lipinski definition) is 1. The molecule has 0 unspecified atom stereocenters.